The highest BCUT2D eigenvalue weighted by molar-refractivity contribution is 5.73. The topological polar surface area (TPSA) is 38.8 Å². The van der Waals surface area contributed by atoms with Gasteiger partial charge in [0.1, 0.15) is 0 Å². The Kier molecular flexibility index (Phi) is 4.66. The third-order valence-electron chi connectivity index (χ3n) is 3.60. The summed E-state index contributed by atoms with van der Waals surface area (Å²) in [4.78, 5) is 13.1. The van der Waals surface area contributed by atoms with Gasteiger partial charge in [-0.25, -0.2) is 0 Å². The molecule has 0 N–H and O–H groups in total. The van der Waals surface area contributed by atoms with Crippen LogP contribution in [-0.4, -0.2) is 37.6 Å². The number of benzene rings is 1. The monoisotopic (exact) mass is 263 g/mol. The van der Waals surface area contributed by atoms with Crippen LogP contribution in [0.2, 0.25) is 0 Å². The Labute approximate surface area is 114 Å². The first-order valence-electron chi connectivity index (χ1n) is 6.72. The second kappa shape index (κ2) is 6.45. The normalized spacial score (nSPS) is 16.2. The number of amides is 1. The quantitative estimate of drug-likeness (QED) is 0.837. The highest BCUT2D eigenvalue weighted by Crippen LogP contribution is 2.27. The van der Waals surface area contributed by atoms with Crippen molar-refractivity contribution in [1.82, 2.24) is 4.90 Å². The number of rotatable bonds is 4. The van der Waals surface area contributed by atoms with Gasteiger partial charge in [-0.3, -0.25) is 4.79 Å². The standard InChI is InChI=1S/C15H21NO3/c1-12(17)16-9-7-13(8-10-16)11-19-15-6-4-3-5-14(15)18-2/h3-6,13H,7-11H2,1-2H3. The van der Waals surface area contributed by atoms with Crippen LogP contribution in [0.15, 0.2) is 24.3 Å². The Balaban J connectivity index is 1.82. The number of piperidine rings is 1. The maximum absolute atomic E-state index is 11.2. The van der Waals surface area contributed by atoms with Crippen molar-refractivity contribution in [3.63, 3.8) is 0 Å². The fourth-order valence-corrected chi connectivity index (χ4v) is 2.36. The van der Waals surface area contributed by atoms with E-state index in [0.717, 1.165) is 37.4 Å². The minimum atomic E-state index is 0.170. The van der Waals surface area contributed by atoms with Gasteiger partial charge in [-0.05, 0) is 30.9 Å². The van der Waals surface area contributed by atoms with Gasteiger partial charge in [-0.1, -0.05) is 12.1 Å². The van der Waals surface area contributed by atoms with Crippen LogP contribution in [0.4, 0.5) is 0 Å². The number of hydrogen-bond acceptors (Lipinski definition) is 3. The summed E-state index contributed by atoms with van der Waals surface area (Å²) in [6.45, 7) is 4.00. The van der Waals surface area contributed by atoms with Crippen LogP contribution >= 0.6 is 0 Å². The van der Waals surface area contributed by atoms with Crippen molar-refractivity contribution in [3.05, 3.63) is 24.3 Å². The van der Waals surface area contributed by atoms with Gasteiger partial charge in [0.25, 0.3) is 0 Å². The Morgan fingerprint density at radius 1 is 1.26 bits per heavy atom. The highest BCUT2D eigenvalue weighted by Gasteiger charge is 2.21. The third-order valence-corrected chi connectivity index (χ3v) is 3.60. The second-order valence-electron chi connectivity index (χ2n) is 4.91. The van der Waals surface area contributed by atoms with Crippen molar-refractivity contribution in [2.24, 2.45) is 5.92 Å². The lowest BCUT2D eigenvalue weighted by Gasteiger charge is -2.31. The van der Waals surface area contributed by atoms with Crippen LogP contribution in [-0.2, 0) is 4.79 Å². The van der Waals surface area contributed by atoms with E-state index in [4.69, 9.17) is 9.47 Å². The van der Waals surface area contributed by atoms with Crippen LogP contribution in [0.5, 0.6) is 11.5 Å². The Morgan fingerprint density at radius 3 is 2.47 bits per heavy atom. The molecule has 1 fully saturated rings. The summed E-state index contributed by atoms with van der Waals surface area (Å²) in [6.07, 6.45) is 2.02. The van der Waals surface area contributed by atoms with Crippen molar-refractivity contribution >= 4 is 5.91 Å². The van der Waals surface area contributed by atoms with Crippen molar-refractivity contribution in [2.75, 3.05) is 26.8 Å². The number of nitrogens with zero attached hydrogens (tertiary/aromatic N) is 1. The molecule has 1 saturated heterocycles. The first-order valence-corrected chi connectivity index (χ1v) is 6.72. The molecule has 1 aromatic carbocycles. The van der Waals surface area contributed by atoms with Gasteiger partial charge in [-0.2, -0.15) is 0 Å². The predicted molar refractivity (Wildman–Crippen MR) is 73.5 cm³/mol. The van der Waals surface area contributed by atoms with Crippen LogP contribution in [0, 0.1) is 5.92 Å². The molecule has 2 rings (SSSR count). The molecule has 0 bridgehead atoms. The number of hydrogen-bond donors (Lipinski definition) is 0. The van der Waals surface area contributed by atoms with Gasteiger partial charge < -0.3 is 14.4 Å². The van der Waals surface area contributed by atoms with E-state index in [1.807, 2.05) is 29.2 Å². The zero-order valence-corrected chi connectivity index (χ0v) is 11.6. The van der Waals surface area contributed by atoms with Crippen molar-refractivity contribution in [1.29, 1.82) is 0 Å². The highest BCUT2D eigenvalue weighted by atomic mass is 16.5. The first kappa shape index (κ1) is 13.7. The van der Waals surface area contributed by atoms with Crippen LogP contribution in [0.3, 0.4) is 0 Å². The second-order valence-corrected chi connectivity index (χ2v) is 4.91. The van der Waals surface area contributed by atoms with E-state index < -0.39 is 0 Å². The molecular formula is C15H21NO3. The summed E-state index contributed by atoms with van der Waals surface area (Å²) >= 11 is 0. The number of ether oxygens (including phenoxy) is 2. The number of carbonyl (C=O) groups excluding carboxylic acids is 1. The smallest absolute Gasteiger partial charge is 0.219 e. The maximum atomic E-state index is 11.2. The molecule has 1 aliphatic rings. The Hall–Kier alpha value is -1.71. The molecule has 4 heteroatoms. The summed E-state index contributed by atoms with van der Waals surface area (Å²) in [7, 11) is 1.65. The summed E-state index contributed by atoms with van der Waals surface area (Å²) in [5, 5.41) is 0. The van der Waals surface area contributed by atoms with Gasteiger partial charge >= 0.3 is 0 Å². The Bertz CT molecular complexity index is 425. The number of methoxy groups -OCH3 is 1. The molecule has 1 aliphatic heterocycles. The molecule has 1 amide bonds. The summed E-state index contributed by atoms with van der Waals surface area (Å²) in [5.41, 5.74) is 0. The molecule has 0 aliphatic carbocycles. The fourth-order valence-electron chi connectivity index (χ4n) is 2.36. The lowest BCUT2D eigenvalue weighted by molar-refractivity contribution is -0.130. The molecule has 0 aromatic heterocycles. The molecule has 0 unspecified atom stereocenters. The number of para-hydroxylation sites is 2. The largest absolute Gasteiger partial charge is 0.493 e. The number of carbonyl (C=O) groups is 1. The van der Waals surface area contributed by atoms with E-state index in [0.29, 0.717) is 12.5 Å². The lowest BCUT2D eigenvalue weighted by Crippen LogP contribution is -2.38. The first-order chi connectivity index (χ1) is 9.20. The van der Waals surface area contributed by atoms with Crippen molar-refractivity contribution < 1.29 is 14.3 Å². The predicted octanol–water partition coefficient (Wildman–Crippen LogP) is 2.33. The SMILES string of the molecule is COc1ccccc1OCC1CCN(C(C)=O)CC1. The average Bonchev–Trinajstić information content (AvgIpc) is 2.45. The van der Waals surface area contributed by atoms with Crippen molar-refractivity contribution in [3.8, 4) is 11.5 Å². The van der Waals surface area contributed by atoms with Crippen LogP contribution in [0.1, 0.15) is 19.8 Å². The van der Waals surface area contributed by atoms with E-state index in [-0.39, 0.29) is 5.91 Å². The minimum absolute atomic E-state index is 0.170. The van der Waals surface area contributed by atoms with Crippen molar-refractivity contribution in [2.45, 2.75) is 19.8 Å². The molecule has 0 atom stereocenters. The number of likely N-dealkylation sites (tertiary alicyclic amines) is 1. The average molecular weight is 263 g/mol. The van der Waals surface area contributed by atoms with E-state index in [1.165, 1.54) is 0 Å². The maximum Gasteiger partial charge on any atom is 0.219 e. The van der Waals surface area contributed by atoms with Gasteiger partial charge in [0.15, 0.2) is 11.5 Å². The molecule has 1 aromatic rings. The summed E-state index contributed by atoms with van der Waals surface area (Å²) in [5.74, 6) is 2.24. The van der Waals surface area contributed by atoms with Gasteiger partial charge in [0.2, 0.25) is 5.91 Å². The van der Waals surface area contributed by atoms with Gasteiger partial charge in [-0.15, -0.1) is 0 Å². The van der Waals surface area contributed by atoms with Crippen LogP contribution < -0.4 is 9.47 Å². The summed E-state index contributed by atoms with van der Waals surface area (Å²) < 4.78 is 11.1. The molecule has 4 nitrogen and oxygen atoms in total. The summed E-state index contributed by atoms with van der Waals surface area (Å²) in [6, 6.07) is 7.68. The molecule has 104 valence electrons. The van der Waals surface area contributed by atoms with E-state index in [9.17, 15) is 4.79 Å². The fraction of sp³-hybridized carbons (Fsp3) is 0.533. The third kappa shape index (κ3) is 3.63. The van der Waals surface area contributed by atoms with Crippen LogP contribution in [0.25, 0.3) is 0 Å². The zero-order chi connectivity index (χ0) is 13.7. The minimum Gasteiger partial charge on any atom is -0.493 e. The molecule has 0 saturated carbocycles. The molecule has 19 heavy (non-hydrogen) atoms. The van der Waals surface area contributed by atoms with Gasteiger partial charge in [0, 0.05) is 20.0 Å². The lowest BCUT2D eigenvalue weighted by atomic mass is 9.98. The molecule has 0 radical (unpaired) electrons. The molecular weight excluding hydrogens is 242 g/mol. The van der Waals surface area contributed by atoms with E-state index in [2.05, 4.69) is 0 Å². The van der Waals surface area contributed by atoms with E-state index >= 15 is 0 Å². The van der Waals surface area contributed by atoms with Gasteiger partial charge in [0.05, 0.1) is 13.7 Å². The zero-order valence-electron chi connectivity index (χ0n) is 11.6. The molecule has 0 spiro atoms. The Morgan fingerprint density at radius 2 is 1.89 bits per heavy atom. The van der Waals surface area contributed by atoms with E-state index in [1.54, 1.807) is 14.0 Å². The molecule has 1 heterocycles.